The minimum atomic E-state index is -0.559. The summed E-state index contributed by atoms with van der Waals surface area (Å²) in [5, 5.41) is 0. The number of carbonyl (C=O) groups is 2. The Hall–Kier alpha value is -3.03. The number of ether oxygens (including phenoxy) is 1. The zero-order chi connectivity index (χ0) is 22.1. The van der Waals surface area contributed by atoms with Crippen molar-refractivity contribution in [2.75, 3.05) is 26.2 Å². The SMILES string of the molecule is CC(C)c1c(C(=O)N2CCN(C(=O)OC(C)(C)C)CC2)[nH]c(=O)n1-c1ccccc1. The molecule has 8 nitrogen and oxygen atoms in total. The Morgan fingerprint density at radius 1 is 1.00 bits per heavy atom. The first-order valence-electron chi connectivity index (χ1n) is 10.3. The van der Waals surface area contributed by atoms with Gasteiger partial charge in [0.05, 0.1) is 11.4 Å². The number of carbonyl (C=O) groups excluding carboxylic acids is 2. The number of rotatable bonds is 3. The van der Waals surface area contributed by atoms with Crippen LogP contribution >= 0.6 is 0 Å². The van der Waals surface area contributed by atoms with Crippen molar-refractivity contribution in [1.29, 1.82) is 0 Å². The van der Waals surface area contributed by atoms with Crippen molar-refractivity contribution >= 4 is 12.0 Å². The van der Waals surface area contributed by atoms with E-state index in [1.54, 1.807) is 14.4 Å². The molecule has 0 saturated carbocycles. The third-order valence-corrected chi connectivity index (χ3v) is 4.93. The first-order chi connectivity index (χ1) is 14.1. The minimum Gasteiger partial charge on any atom is -0.444 e. The molecule has 0 radical (unpaired) electrons. The molecule has 1 aliphatic rings. The molecule has 1 aromatic heterocycles. The van der Waals surface area contributed by atoms with Crippen LogP contribution < -0.4 is 5.69 Å². The van der Waals surface area contributed by atoms with Gasteiger partial charge in [-0.25, -0.2) is 9.59 Å². The summed E-state index contributed by atoms with van der Waals surface area (Å²) in [5.41, 5.74) is 0.794. The van der Waals surface area contributed by atoms with Gasteiger partial charge in [0.1, 0.15) is 11.3 Å². The molecule has 1 fully saturated rings. The summed E-state index contributed by atoms with van der Waals surface area (Å²) in [5.74, 6) is -0.263. The van der Waals surface area contributed by atoms with E-state index in [2.05, 4.69) is 4.98 Å². The average molecular weight is 415 g/mol. The van der Waals surface area contributed by atoms with Crippen molar-refractivity contribution < 1.29 is 14.3 Å². The van der Waals surface area contributed by atoms with Gasteiger partial charge in [0.15, 0.2) is 0 Å². The average Bonchev–Trinajstić information content (AvgIpc) is 3.04. The molecule has 2 heterocycles. The van der Waals surface area contributed by atoms with Crippen molar-refractivity contribution in [1.82, 2.24) is 19.4 Å². The lowest BCUT2D eigenvalue weighted by Crippen LogP contribution is -2.51. The Balaban J connectivity index is 1.80. The number of aromatic amines is 1. The third kappa shape index (κ3) is 4.58. The van der Waals surface area contributed by atoms with E-state index in [-0.39, 0.29) is 23.6 Å². The van der Waals surface area contributed by atoms with Gasteiger partial charge >= 0.3 is 11.8 Å². The van der Waals surface area contributed by atoms with E-state index in [1.165, 1.54) is 0 Å². The Morgan fingerprint density at radius 2 is 1.57 bits per heavy atom. The molecule has 1 saturated heterocycles. The Morgan fingerprint density at radius 3 is 2.10 bits per heavy atom. The van der Waals surface area contributed by atoms with E-state index < -0.39 is 5.60 Å². The van der Waals surface area contributed by atoms with Crippen LogP contribution in [0.25, 0.3) is 5.69 Å². The monoisotopic (exact) mass is 414 g/mol. The maximum atomic E-state index is 13.2. The largest absolute Gasteiger partial charge is 0.444 e. The van der Waals surface area contributed by atoms with Crippen molar-refractivity contribution in [2.45, 2.75) is 46.1 Å². The van der Waals surface area contributed by atoms with Gasteiger partial charge in [-0.3, -0.25) is 9.36 Å². The molecule has 2 aromatic rings. The van der Waals surface area contributed by atoms with Gasteiger partial charge in [-0.15, -0.1) is 0 Å². The van der Waals surface area contributed by atoms with Gasteiger partial charge in [0.25, 0.3) is 5.91 Å². The number of piperazine rings is 1. The molecule has 1 N–H and O–H groups in total. The van der Waals surface area contributed by atoms with Crippen LogP contribution in [0.1, 0.15) is 56.7 Å². The second-order valence-electron chi connectivity index (χ2n) is 8.78. The van der Waals surface area contributed by atoms with Gasteiger partial charge in [0.2, 0.25) is 0 Å². The van der Waals surface area contributed by atoms with Gasteiger partial charge in [0, 0.05) is 26.2 Å². The molecule has 0 spiro atoms. The van der Waals surface area contributed by atoms with Crippen LogP contribution in [0, 0.1) is 0 Å². The van der Waals surface area contributed by atoms with Crippen molar-refractivity contribution in [3.8, 4) is 5.69 Å². The normalized spacial score (nSPS) is 14.9. The van der Waals surface area contributed by atoms with Crippen LogP contribution in [0.15, 0.2) is 35.1 Å². The van der Waals surface area contributed by atoms with Crippen LogP contribution in [0.2, 0.25) is 0 Å². The fraction of sp³-hybridized carbons (Fsp3) is 0.500. The molecule has 0 unspecified atom stereocenters. The van der Waals surface area contributed by atoms with Crippen LogP contribution in [0.5, 0.6) is 0 Å². The van der Waals surface area contributed by atoms with E-state index in [4.69, 9.17) is 4.74 Å². The summed E-state index contributed by atoms with van der Waals surface area (Å²) in [6.07, 6.45) is -0.374. The quantitative estimate of drug-likeness (QED) is 0.836. The second-order valence-corrected chi connectivity index (χ2v) is 8.78. The number of para-hydroxylation sites is 1. The smallest absolute Gasteiger partial charge is 0.410 e. The van der Waals surface area contributed by atoms with E-state index in [1.807, 2.05) is 65.0 Å². The van der Waals surface area contributed by atoms with Crippen LogP contribution in [0.3, 0.4) is 0 Å². The maximum absolute atomic E-state index is 13.2. The Kier molecular flexibility index (Phi) is 6.05. The predicted octanol–water partition coefficient (Wildman–Crippen LogP) is 2.98. The number of nitrogens with zero attached hydrogens (tertiary/aromatic N) is 3. The van der Waals surface area contributed by atoms with Crippen molar-refractivity contribution in [3.63, 3.8) is 0 Å². The zero-order valence-electron chi connectivity index (χ0n) is 18.3. The standard InChI is InChI=1S/C22H30N4O4/c1-15(2)18-17(23-20(28)26(18)16-9-7-6-8-10-16)19(27)24-11-13-25(14-12-24)21(29)30-22(3,4)5/h6-10,15H,11-14H2,1-5H3,(H,23,28). The lowest BCUT2D eigenvalue weighted by molar-refractivity contribution is 0.0140. The number of amides is 2. The highest BCUT2D eigenvalue weighted by molar-refractivity contribution is 5.94. The van der Waals surface area contributed by atoms with Crippen molar-refractivity contribution in [3.05, 3.63) is 52.2 Å². The number of H-pyrrole nitrogens is 1. The molecule has 0 bridgehead atoms. The summed E-state index contributed by atoms with van der Waals surface area (Å²) in [4.78, 5) is 44.2. The highest BCUT2D eigenvalue weighted by Gasteiger charge is 2.31. The molecule has 2 amide bonds. The number of nitrogens with one attached hydrogen (secondary N) is 1. The van der Waals surface area contributed by atoms with Gasteiger partial charge in [-0.2, -0.15) is 0 Å². The molecular weight excluding hydrogens is 384 g/mol. The minimum absolute atomic E-state index is 0.0360. The van der Waals surface area contributed by atoms with Gasteiger partial charge < -0.3 is 19.5 Å². The van der Waals surface area contributed by atoms with E-state index in [0.29, 0.717) is 37.6 Å². The summed E-state index contributed by atoms with van der Waals surface area (Å²) in [7, 11) is 0. The van der Waals surface area contributed by atoms with Gasteiger partial charge in [-0.05, 0) is 38.8 Å². The Bertz CT molecular complexity index is 961. The lowest BCUT2D eigenvalue weighted by Gasteiger charge is -2.35. The van der Waals surface area contributed by atoms with E-state index in [9.17, 15) is 14.4 Å². The molecule has 3 rings (SSSR count). The molecule has 1 aliphatic heterocycles. The third-order valence-electron chi connectivity index (χ3n) is 4.93. The topological polar surface area (TPSA) is 87.6 Å². The molecule has 1 aromatic carbocycles. The first kappa shape index (κ1) is 21.7. The fourth-order valence-electron chi connectivity index (χ4n) is 3.57. The highest BCUT2D eigenvalue weighted by atomic mass is 16.6. The van der Waals surface area contributed by atoms with Crippen LogP contribution in [-0.2, 0) is 4.74 Å². The number of aromatic nitrogens is 2. The number of hydrogen-bond donors (Lipinski definition) is 1. The zero-order valence-corrected chi connectivity index (χ0v) is 18.3. The van der Waals surface area contributed by atoms with Crippen LogP contribution in [-0.4, -0.2) is 63.1 Å². The molecule has 8 heteroatoms. The molecule has 162 valence electrons. The molecule has 30 heavy (non-hydrogen) atoms. The first-order valence-corrected chi connectivity index (χ1v) is 10.3. The molecular formula is C22H30N4O4. The number of benzene rings is 1. The highest BCUT2D eigenvalue weighted by Crippen LogP contribution is 2.22. The summed E-state index contributed by atoms with van der Waals surface area (Å²) in [6.45, 7) is 10.9. The second kappa shape index (κ2) is 8.38. The number of hydrogen-bond acceptors (Lipinski definition) is 4. The summed E-state index contributed by atoms with van der Waals surface area (Å²) < 4.78 is 6.97. The van der Waals surface area contributed by atoms with E-state index in [0.717, 1.165) is 5.69 Å². The summed E-state index contributed by atoms with van der Waals surface area (Å²) >= 11 is 0. The molecule has 0 atom stereocenters. The predicted molar refractivity (Wildman–Crippen MR) is 114 cm³/mol. The van der Waals surface area contributed by atoms with Gasteiger partial charge in [-0.1, -0.05) is 32.0 Å². The fourth-order valence-corrected chi connectivity index (χ4v) is 3.57. The summed E-state index contributed by atoms with van der Waals surface area (Å²) in [6, 6.07) is 9.28. The maximum Gasteiger partial charge on any atom is 0.410 e. The number of imidazole rings is 1. The van der Waals surface area contributed by atoms with Crippen molar-refractivity contribution in [2.24, 2.45) is 0 Å². The van der Waals surface area contributed by atoms with Crippen LogP contribution in [0.4, 0.5) is 4.79 Å². The lowest BCUT2D eigenvalue weighted by atomic mass is 10.1. The Labute approximate surface area is 176 Å². The van der Waals surface area contributed by atoms with E-state index >= 15 is 0 Å². The molecule has 0 aliphatic carbocycles.